The highest BCUT2D eigenvalue weighted by Gasteiger charge is 2.29. The Kier molecular flexibility index (Phi) is 4.19. The van der Waals surface area contributed by atoms with Crippen LogP contribution in [0.4, 0.5) is 4.39 Å². The van der Waals surface area contributed by atoms with Gasteiger partial charge in [-0.05, 0) is 31.0 Å². The van der Waals surface area contributed by atoms with Crippen LogP contribution in [0.1, 0.15) is 23.2 Å². The SMILES string of the molecule is O=C(O)C1CCCN(C(=O)c2ccc(Br)cc2F)C1. The van der Waals surface area contributed by atoms with Crippen LogP contribution in [0.2, 0.25) is 0 Å². The lowest BCUT2D eigenvalue weighted by atomic mass is 9.97. The number of carboxylic acid groups (broad SMARTS) is 1. The molecule has 1 atom stereocenters. The van der Waals surface area contributed by atoms with Gasteiger partial charge >= 0.3 is 5.97 Å². The van der Waals surface area contributed by atoms with Gasteiger partial charge in [0.1, 0.15) is 5.82 Å². The highest BCUT2D eigenvalue weighted by molar-refractivity contribution is 9.10. The Balaban J connectivity index is 2.17. The molecule has 0 saturated carbocycles. The summed E-state index contributed by atoms with van der Waals surface area (Å²) in [4.78, 5) is 24.5. The summed E-state index contributed by atoms with van der Waals surface area (Å²) in [5.74, 6) is -2.52. The molecule has 6 heteroatoms. The lowest BCUT2D eigenvalue weighted by Crippen LogP contribution is -2.42. The molecule has 0 aliphatic carbocycles. The molecule has 2 rings (SSSR count). The smallest absolute Gasteiger partial charge is 0.308 e. The number of piperidine rings is 1. The van der Waals surface area contributed by atoms with Crippen molar-refractivity contribution < 1.29 is 19.1 Å². The second kappa shape index (κ2) is 5.69. The summed E-state index contributed by atoms with van der Waals surface area (Å²) in [6.07, 6.45) is 1.18. The minimum atomic E-state index is -0.909. The molecule has 1 amide bonds. The van der Waals surface area contributed by atoms with Crippen molar-refractivity contribution in [2.45, 2.75) is 12.8 Å². The van der Waals surface area contributed by atoms with E-state index < -0.39 is 23.6 Å². The van der Waals surface area contributed by atoms with E-state index in [1.165, 1.54) is 17.0 Å². The van der Waals surface area contributed by atoms with Gasteiger partial charge in [0.15, 0.2) is 0 Å². The second-order valence-electron chi connectivity index (χ2n) is 4.55. The second-order valence-corrected chi connectivity index (χ2v) is 5.47. The monoisotopic (exact) mass is 329 g/mol. The lowest BCUT2D eigenvalue weighted by molar-refractivity contribution is -0.143. The van der Waals surface area contributed by atoms with E-state index in [1.54, 1.807) is 6.07 Å². The molecule has 1 fully saturated rings. The van der Waals surface area contributed by atoms with Crippen molar-refractivity contribution in [1.82, 2.24) is 4.90 Å². The predicted molar refractivity (Wildman–Crippen MR) is 70.4 cm³/mol. The number of hydrogen-bond donors (Lipinski definition) is 1. The molecule has 0 spiro atoms. The molecule has 1 heterocycles. The fraction of sp³-hybridized carbons (Fsp3) is 0.385. The normalized spacial score (nSPS) is 19.3. The van der Waals surface area contributed by atoms with Gasteiger partial charge in [-0.25, -0.2) is 4.39 Å². The average Bonchev–Trinajstić information content (AvgIpc) is 2.38. The van der Waals surface area contributed by atoms with Gasteiger partial charge < -0.3 is 10.0 Å². The number of aliphatic carboxylic acids is 1. The van der Waals surface area contributed by atoms with Crippen molar-refractivity contribution >= 4 is 27.8 Å². The first-order valence-electron chi connectivity index (χ1n) is 5.96. The number of carbonyl (C=O) groups excluding carboxylic acids is 1. The van der Waals surface area contributed by atoms with Crippen molar-refractivity contribution in [3.05, 3.63) is 34.1 Å². The Morgan fingerprint density at radius 3 is 2.79 bits per heavy atom. The molecule has 4 nitrogen and oxygen atoms in total. The molecule has 1 aliphatic heterocycles. The average molecular weight is 330 g/mol. The minimum Gasteiger partial charge on any atom is -0.481 e. The quantitative estimate of drug-likeness (QED) is 0.907. The summed E-state index contributed by atoms with van der Waals surface area (Å²) in [6.45, 7) is 0.613. The van der Waals surface area contributed by atoms with Crippen molar-refractivity contribution in [3.63, 3.8) is 0 Å². The molecule has 1 unspecified atom stereocenters. The molecular formula is C13H13BrFNO3. The van der Waals surface area contributed by atoms with Crippen LogP contribution < -0.4 is 0 Å². The number of rotatable bonds is 2. The zero-order valence-corrected chi connectivity index (χ0v) is 11.7. The predicted octanol–water partition coefficient (Wildman–Crippen LogP) is 2.53. The van der Waals surface area contributed by atoms with E-state index >= 15 is 0 Å². The van der Waals surface area contributed by atoms with Gasteiger partial charge in [0.25, 0.3) is 5.91 Å². The highest BCUT2D eigenvalue weighted by Crippen LogP contribution is 2.21. The van der Waals surface area contributed by atoms with Crippen molar-refractivity contribution in [2.75, 3.05) is 13.1 Å². The summed E-state index contributed by atoms with van der Waals surface area (Å²) >= 11 is 3.13. The van der Waals surface area contributed by atoms with Gasteiger partial charge in [0.05, 0.1) is 11.5 Å². The third-order valence-electron chi connectivity index (χ3n) is 3.22. The van der Waals surface area contributed by atoms with Gasteiger partial charge in [-0.2, -0.15) is 0 Å². The number of amides is 1. The number of nitrogens with zero attached hydrogens (tertiary/aromatic N) is 1. The molecule has 19 heavy (non-hydrogen) atoms. The first-order chi connectivity index (χ1) is 8.99. The molecule has 1 aliphatic rings. The maximum absolute atomic E-state index is 13.7. The van der Waals surface area contributed by atoms with Crippen LogP contribution in [0.3, 0.4) is 0 Å². The molecule has 0 aromatic heterocycles. The van der Waals surface area contributed by atoms with Gasteiger partial charge in [-0.1, -0.05) is 15.9 Å². The van der Waals surface area contributed by atoms with Crippen molar-refractivity contribution in [3.8, 4) is 0 Å². The van der Waals surface area contributed by atoms with Crippen LogP contribution in [0.25, 0.3) is 0 Å². The first kappa shape index (κ1) is 14.0. The van der Waals surface area contributed by atoms with Gasteiger partial charge in [-0.3, -0.25) is 9.59 Å². The van der Waals surface area contributed by atoms with E-state index in [-0.39, 0.29) is 12.1 Å². The molecule has 1 aromatic rings. The maximum Gasteiger partial charge on any atom is 0.308 e. The third kappa shape index (κ3) is 3.12. The van der Waals surface area contributed by atoms with Crippen LogP contribution in [-0.2, 0) is 4.79 Å². The molecule has 1 saturated heterocycles. The van der Waals surface area contributed by atoms with E-state index in [1.807, 2.05) is 0 Å². The summed E-state index contributed by atoms with van der Waals surface area (Å²) in [5, 5.41) is 8.98. The van der Waals surface area contributed by atoms with E-state index in [0.29, 0.717) is 23.9 Å². The molecule has 0 bridgehead atoms. The Bertz CT molecular complexity index is 521. The van der Waals surface area contributed by atoms with Crippen LogP contribution in [0, 0.1) is 11.7 Å². The van der Waals surface area contributed by atoms with Gasteiger partial charge in [-0.15, -0.1) is 0 Å². The number of likely N-dealkylation sites (tertiary alicyclic amines) is 1. The summed E-state index contributed by atoms with van der Waals surface area (Å²) in [5.41, 5.74) is -0.0192. The molecule has 0 radical (unpaired) electrons. The van der Waals surface area contributed by atoms with Gasteiger partial charge in [0, 0.05) is 17.6 Å². The van der Waals surface area contributed by atoms with E-state index in [4.69, 9.17) is 5.11 Å². The number of benzene rings is 1. The number of carboxylic acids is 1. The first-order valence-corrected chi connectivity index (χ1v) is 6.75. The van der Waals surface area contributed by atoms with Gasteiger partial charge in [0.2, 0.25) is 0 Å². The third-order valence-corrected chi connectivity index (χ3v) is 3.71. The summed E-state index contributed by atoms with van der Waals surface area (Å²) in [6, 6.07) is 4.23. The highest BCUT2D eigenvalue weighted by atomic mass is 79.9. The van der Waals surface area contributed by atoms with Crippen LogP contribution in [-0.4, -0.2) is 35.0 Å². The minimum absolute atomic E-state index is 0.0192. The zero-order chi connectivity index (χ0) is 14.0. The number of hydrogen-bond acceptors (Lipinski definition) is 2. The molecular weight excluding hydrogens is 317 g/mol. The zero-order valence-electron chi connectivity index (χ0n) is 10.1. The van der Waals surface area contributed by atoms with Crippen LogP contribution >= 0.6 is 15.9 Å². The van der Waals surface area contributed by atoms with E-state index in [9.17, 15) is 14.0 Å². The lowest BCUT2D eigenvalue weighted by Gasteiger charge is -2.30. The standard InChI is InChI=1S/C13H13BrFNO3/c14-9-3-4-10(11(15)6-9)12(17)16-5-1-2-8(7-16)13(18)19/h3-4,6,8H,1-2,5,7H2,(H,18,19). The molecule has 102 valence electrons. The number of halogens is 2. The van der Waals surface area contributed by atoms with Crippen molar-refractivity contribution in [1.29, 1.82) is 0 Å². The topological polar surface area (TPSA) is 57.6 Å². The Labute approximate surface area is 118 Å². The Morgan fingerprint density at radius 2 is 2.16 bits per heavy atom. The van der Waals surface area contributed by atoms with E-state index in [2.05, 4.69) is 15.9 Å². The van der Waals surface area contributed by atoms with Crippen LogP contribution in [0.5, 0.6) is 0 Å². The summed E-state index contributed by atoms with van der Waals surface area (Å²) < 4.78 is 14.3. The van der Waals surface area contributed by atoms with Crippen LogP contribution in [0.15, 0.2) is 22.7 Å². The number of carbonyl (C=O) groups is 2. The summed E-state index contributed by atoms with van der Waals surface area (Å²) in [7, 11) is 0. The fourth-order valence-corrected chi connectivity index (χ4v) is 2.53. The largest absolute Gasteiger partial charge is 0.481 e. The maximum atomic E-state index is 13.7. The molecule has 1 aromatic carbocycles. The fourth-order valence-electron chi connectivity index (χ4n) is 2.20. The van der Waals surface area contributed by atoms with E-state index in [0.717, 1.165) is 0 Å². The Hall–Kier alpha value is -1.43. The van der Waals surface area contributed by atoms with Crippen molar-refractivity contribution in [2.24, 2.45) is 5.92 Å². The molecule has 1 N–H and O–H groups in total. The Morgan fingerprint density at radius 1 is 1.42 bits per heavy atom.